The van der Waals surface area contributed by atoms with Crippen LogP contribution in [0.15, 0.2) is 59.5 Å². The minimum atomic E-state index is -0.00999. The summed E-state index contributed by atoms with van der Waals surface area (Å²) in [6, 6.07) is 17.8. The number of carbonyl (C=O) groups is 1. The number of methoxy groups -OCH3 is 1. The zero-order valence-electron chi connectivity index (χ0n) is 15.7. The summed E-state index contributed by atoms with van der Waals surface area (Å²) in [5.41, 5.74) is 3.50. The molecule has 0 saturated heterocycles. The first-order valence-corrected chi connectivity index (χ1v) is 9.75. The predicted octanol–water partition coefficient (Wildman–Crippen LogP) is 4.62. The Hall–Kier alpha value is -2.73. The number of hydrogen-bond acceptors (Lipinski definition) is 4. The topological polar surface area (TPSA) is 56.1 Å². The van der Waals surface area contributed by atoms with Crippen molar-refractivity contribution in [2.75, 3.05) is 18.2 Å². The van der Waals surface area contributed by atoms with Crippen molar-refractivity contribution in [2.24, 2.45) is 0 Å². The third kappa shape index (κ3) is 4.71. The second-order valence-corrected chi connectivity index (χ2v) is 7.29. The van der Waals surface area contributed by atoms with Gasteiger partial charge in [-0.3, -0.25) is 4.79 Å². The number of para-hydroxylation sites is 1. The molecule has 2 aromatic carbocycles. The minimum absolute atomic E-state index is 0.00999. The summed E-state index contributed by atoms with van der Waals surface area (Å²) < 4.78 is 7.08. The zero-order chi connectivity index (χ0) is 19.2. The van der Waals surface area contributed by atoms with Gasteiger partial charge in [-0.15, -0.1) is 11.8 Å². The van der Waals surface area contributed by atoms with Gasteiger partial charge in [-0.25, -0.2) is 4.68 Å². The van der Waals surface area contributed by atoms with Crippen LogP contribution in [0.1, 0.15) is 17.8 Å². The molecule has 6 heteroatoms. The molecule has 0 atom stereocenters. The molecule has 0 aliphatic carbocycles. The Morgan fingerprint density at radius 3 is 2.67 bits per heavy atom. The summed E-state index contributed by atoms with van der Waals surface area (Å²) in [5.74, 6) is 1.51. The lowest BCUT2D eigenvalue weighted by Gasteiger charge is -2.07. The molecule has 1 heterocycles. The molecule has 0 aliphatic rings. The largest absolute Gasteiger partial charge is 0.497 e. The molecule has 1 N–H and O–H groups in total. The number of amides is 1. The number of aromatic nitrogens is 2. The van der Waals surface area contributed by atoms with Gasteiger partial charge in [0.2, 0.25) is 5.91 Å². The van der Waals surface area contributed by atoms with Gasteiger partial charge >= 0.3 is 0 Å². The maximum absolute atomic E-state index is 12.4. The standard InChI is InChI=1S/C21H23N3O2S/c1-15-21(16(2)24(23-15)17-8-5-4-6-9-17)22-20(25)12-13-27-19-11-7-10-18(14-19)26-3/h4-11,14H,12-13H2,1-3H3,(H,22,25). The first-order chi connectivity index (χ1) is 13.1. The Labute approximate surface area is 163 Å². The lowest BCUT2D eigenvalue weighted by molar-refractivity contribution is -0.115. The van der Waals surface area contributed by atoms with E-state index in [1.165, 1.54) is 0 Å². The molecule has 0 aliphatic heterocycles. The molecule has 3 rings (SSSR count). The molecule has 0 fully saturated rings. The van der Waals surface area contributed by atoms with Crippen LogP contribution in [-0.2, 0) is 4.79 Å². The van der Waals surface area contributed by atoms with Crippen LogP contribution < -0.4 is 10.1 Å². The Morgan fingerprint density at radius 1 is 1.15 bits per heavy atom. The van der Waals surface area contributed by atoms with Crippen molar-refractivity contribution in [1.82, 2.24) is 9.78 Å². The van der Waals surface area contributed by atoms with Crippen molar-refractivity contribution in [1.29, 1.82) is 0 Å². The summed E-state index contributed by atoms with van der Waals surface area (Å²) in [7, 11) is 1.65. The van der Waals surface area contributed by atoms with E-state index in [9.17, 15) is 4.79 Å². The number of aryl methyl sites for hydroxylation is 1. The number of nitrogens with one attached hydrogen (secondary N) is 1. The van der Waals surface area contributed by atoms with Crippen molar-refractivity contribution in [2.45, 2.75) is 25.2 Å². The van der Waals surface area contributed by atoms with Crippen molar-refractivity contribution in [3.8, 4) is 11.4 Å². The van der Waals surface area contributed by atoms with E-state index in [2.05, 4.69) is 10.4 Å². The second kappa shape index (κ2) is 8.77. The summed E-state index contributed by atoms with van der Waals surface area (Å²) in [6.07, 6.45) is 0.428. The monoisotopic (exact) mass is 381 g/mol. The number of benzene rings is 2. The number of hydrogen-bond donors (Lipinski definition) is 1. The van der Waals surface area contributed by atoms with Crippen LogP contribution in [0, 0.1) is 13.8 Å². The quantitative estimate of drug-likeness (QED) is 0.607. The fourth-order valence-corrected chi connectivity index (χ4v) is 3.70. The van der Waals surface area contributed by atoms with Crippen LogP contribution in [0.2, 0.25) is 0 Å². The SMILES string of the molecule is COc1cccc(SCCC(=O)Nc2c(C)nn(-c3ccccc3)c2C)c1. The summed E-state index contributed by atoms with van der Waals surface area (Å²) in [6.45, 7) is 3.88. The van der Waals surface area contributed by atoms with Crippen LogP contribution in [0.3, 0.4) is 0 Å². The molecule has 140 valence electrons. The number of carbonyl (C=O) groups excluding carboxylic acids is 1. The first-order valence-electron chi connectivity index (χ1n) is 8.77. The van der Waals surface area contributed by atoms with Gasteiger partial charge in [0.05, 0.1) is 29.9 Å². The molecule has 3 aromatic rings. The fourth-order valence-electron chi connectivity index (χ4n) is 2.80. The van der Waals surface area contributed by atoms with Crippen LogP contribution in [0.25, 0.3) is 5.69 Å². The number of nitrogens with zero attached hydrogens (tertiary/aromatic N) is 2. The van der Waals surface area contributed by atoms with E-state index in [0.29, 0.717) is 12.2 Å². The fraction of sp³-hybridized carbons (Fsp3) is 0.238. The molecule has 1 aromatic heterocycles. The Balaban J connectivity index is 1.60. The molecule has 0 saturated carbocycles. The number of thioether (sulfide) groups is 1. The average Bonchev–Trinajstić information content (AvgIpc) is 2.97. The second-order valence-electron chi connectivity index (χ2n) is 6.12. The normalized spacial score (nSPS) is 10.6. The van der Waals surface area contributed by atoms with Crippen molar-refractivity contribution in [3.05, 3.63) is 66.0 Å². The Kier molecular flexibility index (Phi) is 6.19. The number of ether oxygens (including phenoxy) is 1. The molecule has 5 nitrogen and oxygen atoms in total. The van der Waals surface area contributed by atoms with Crippen LogP contribution in [0.5, 0.6) is 5.75 Å². The van der Waals surface area contributed by atoms with Gasteiger partial charge in [0.25, 0.3) is 0 Å². The molecule has 27 heavy (non-hydrogen) atoms. The van der Waals surface area contributed by atoms with Crippen molar-refractivity contribution in [3.63, 3.8) is 0 Å². The lowest BCUT2D eigenvalue weighted by atomic mass is 10.3. The van der Waals surface area contributed by atoms with Crippen LogP contribution in [0.4, 0.5) is 5.69 Å². The number of anilines is 1. The zero-order valence-corrected chi connectivity index (χ0v) is 16.5. The minimum Gasteiger partial charge on any atom is -0.497 e. The van der Waals surface area contributed by atoms with Crippen LogP contribution >= 0.6 is 11.8 Å². The first kappa shape index (κ1) is 19.0. The molecule has 0 spiro atoms. The predicted molar refractivity (Wildman–Crippen MR) is 110 cm³/mol. The molecule has 0 radical (unpaired) electrons. The van der Waals surface area contributed by atoms with Gasteiger partial charge in [0.1, 0.15) is 5.75 Å². The van der Waals surface area contributed by atoms with Gasteiger partial charge in [-0.05, 0) is 44.2 Å². The van der Waals surface area contributed by atoms with Gasteiger partial charge in [-0.2, -0.15) is 5.10 Å². The smallest absolute Gasteiger partial charge is 0.225 e. The van der Waals surface area contributed by atoms with E-state index in [0.717, 1.165) is 33.4 Å². The third-order valence-electron chi connectivity index (χ3n) is 4.20. The number of rotatable bonds is 7. The molecular formula is C21H23N3O2S. The van der Waals surface area contributed by atoms with Crippen molar-refractivity contribution < 1.29 is 9.53 Å². The summed E-state index contributed by atoms with van der Waals surface area (Å²) in [4.78, 5) is 13.5. The van der Waals surface area contributed by atoms with E-state index in [4.69, 9.17) is 4.74 Å². The molecule has 0 bridgehead atoms. The van der Waals surface area contributed by atoms with E-state index in [-0.39, 0.29) is 5.91 Å². The van der Waals surface area contributed by atoms with Gasteiger partial charge in [0, 0.05) is 17.1 Å². The third-order valence-corrected chi connectivity index (χ3v) is 5.19. The average molecular weight is 382 g/mol. The lowest BCUT2D eigenvalue weighted by Crippen LogP contribution is -2.13. The van der Waals surface area contributed by atoms with E-state index in [1.54, 1.807) is 18.9 Å². The highest BCUT2D eigenvalue weighted by molar-refractivity contribution is 7.99. The van der Waals surface area contributed by atoms with E-state index in [1.807, 2.05) is 73.1 Å². The van der Waals surface area contributed by atoms with E-state index >= 15 is 0 Å². The maximum atomic E-state index is 12.4. The summed E-state index contributed by atoms with van der Waals surface area (Å²) >= 11 is 1.64. The van der Waals surface area contributed by atoms with Gasteiger partial charge in [0.15, 0.2) is 0 Å². The van der Waals surface area contributed by atoms with E-state index < -0.39 is 0 Å². The van der Waals surface area contributed by atoms with Gasteiger partial charge < -0.3 is 10.1 Å². The molecule has 0 unspecified atom stereocenters. The van der Waals surface area contributed by atoms with Crippen LogP contribution in [-0.4, -0.2) is 28.6 Å². The Morgan fingerprint density at radius 2 is 1.93 bits per heavy atom. The molecule has 1 amide bonds. The highest BCUT2D eigenvalue weighted by Crippen LogP contribution is 2.25. The van der Waals surface area contributed by atoms with Gasteiger partial charge in [-0.1, -0.05) is 24.3 Å². The van der Waals surface area contributed by atoms with Crippen molar-refractivity contribution >= 4 is 23.4 Å². The Bertz CT molecular complexity index is 922. The maximum Gasteiger partial charge on any atom is 0.225 e. The highest BCUT2D eigenvalue weighted by Gasteiger charge is 2.15. The molecular weight excluding hydrogens is 358 g/mol. The summed E-state index contributed by atoms with van der Waals surface area (Å²) in [5, 5.41) is 7.58. The highest BCUT2D eigenvalue weighted by atomic mass is 32.2.